The largest absolute Gasteiger partial charge is 0.389 e. The first-order chi connectivity index (χ1) is 8.65. The second-order valence-corrected chi connectivity index (χ2v) is 5.87. The Bertz CT molecular complexity index is 397. The van der Waals surface area contributed by atoms with Crippen LogP contribution < -0.4 is 11.1 Å². The minimum Gasteiger partial charge on any atom is -0.389 e. The van der Waals surface area contributed by atoms with E-state index in [0.29, 0.717) is 10.0 Å². The van der Waals surface area contributed by atoms with Gasteiger partial charge in [-0.3, -0.25) is 0 Å². The topological polar surface area (TPSA) is 38.0 Å². The summed E-state index contributed by atoms with van der Waals surface area (Å²) in [5.41, 5.74) is 7.31. The van der Waals surface area contributed by atoms with E-state index >= 15 is 0 Å². The van der Waals surface area contributed by atoms with Crippen molar-refractivity contribution < 1.29 is 0 Å². The molecule has 0 saturated carbocycles. The van der Waals surface area contributed by atoms with E-state index < -0.39 is 0 Å². The summed E-state index contributed by atoms with van der Waals surface area (Å²) in [5.74, 6) is 1.24. The first-order valence-electron chi connectivity index (χ1n) is 5.97. The Morgan fingerprint density at radius 3 is 2.78 bits per heavy atom. The SMILES string of the molecule is CSCCCCCNc1ccc(C(N)=S)c(Cl)c1. The van der Waals surface area contributed by atoms with Crippen molar-refractivity contribution in [2.45, 2.75) is 19.3 Å². The fraction of sp³-hybridized carbons (Fsp3) is 0.462. The maximum Gasteiger partial charge on any atom is 0.105 e. The number of hydrogen-bond donors (Lipinski definition) is 2. The van der Waals surface area contributed by atoms with Crippen LogP contribution in [0.3, 0.4) is 0 Å². The predicted molar refractivity (Wildman–Crippen MR) is 88.1 cm³/mol. The van der Waals surface area contributed by atoms with Crippen LogP contribution in [0.15, 0.2) is 18.2 Å². The van der Waals surface area contributed by atoms with Crippen LogP contribution in [0.25, 0.3) is 0 Å². The monoisotopic (exact) mass is 302 g/mol. The van der Waals surface area contributed by atoms with Crippen LogP contribution in [-0.2, 0) is 0 Å². The average molecular weight is 303 g/mol. The van der Waals surface area contributed by atoms with Gasteiger partial charge in [-0.05, 0) is 43.0 Å². The summed E-state index contributed by atoms with van der Waals surface area (Å²) in [6.45, 7) is 0.969. The van der Waals surface area contributed by atoms with Crippen LogP contribution in [-0.4, -0.2) is 23.5 Å². The Labute approximate surface area is 124 Å². The summed E-state index contributed by atoms with van der Waals surface area (Å²) in [6, 6.07) is 5.70. The molecule has 0 bridgehead atoms. The molecular weight excluding hydrogens is 284 g/mol. The number of thiocarbonyl (C=S) groups is 1. The molecule has 1 aromatic carbocycles. The average Bonchev–Trinajstić information content (AvgIpc) is 2.33. The summed E-state index contributed by atoms with van der Waals surface area (Å²) in [6.07, 6.45) is 5.86. The maximum atomic E-state index is 6.10. The van der Waals surface area contributed by atoms with Crippen molar-refractivity contribution >= 4 is 46.3 Å². The van der Waals surface area contributed by atoms with Crippen molar-refractivity contribution in [1.29, 1.82) is 0 Å². The molecule has 0 unspecified atom stereocenters. The van der Waals surface area contributed by atoms with Crippen molar-refractivity contribution in [3.05, 3.63) is 28.8 Å². The quantitative estimate of drug-likeness (QED) is 0.564. The Kier molecular flexibility index (Phi) is 7.47. The molecule has 3 N–H and O–H groups in total. The molecule has 0 fully saturated rings. The molecule has 0 radical (unpaired) electrons. The van der Waals surface area contributed by atoms with Crippen LogP contribution in [0.5, 0.6) is 0 Å². The first kappa shape index (κ1) is 15.6. The number of halogens is 1. The number of rotatable bonds is 8. The molecule has 1 aromatic rings. The normalized spacial score (nSPS) is 10.3. The molecule has 100 valence electrons. The predicted octanol–water partition coefficient (Wildman–Crippen LogP) is 3.92. The highest BCUT2D eigenvalue weighted by Gasteiger charge is 2.03. The fourth-order valence-corrected chi connectivity index (χ4v) is 2.61. The lowest BCUT2D eigenvalue weighted by atomic mass is 10.2. The molecule has 0 aromatic heterocycles. The zero-order valence-corrected chi connectivity index (χ0v) is 12.9. The molecular formula is C13H19ClN2S2. The van der Waals surface area contributed by atoms with Gasteiger partial charge in [0.15, 0.2) is 0 Å². The van der Waals surface area contributed by atoms with Gasteiger partial charge in [-0.1, -0.05) is 30.2 Å². The van der Waals surface area contributed by atoms with Crippen LogP contribution >= 0.6 is 35.6 Å². The molecule has 0 atom stereocenters. The lowest BCUT2D eigenvalue weighted by molar-refractivity contribution is 0.750. The van der Waals surface area contributed by atoms with Gasteiger partial charge in [0.1, 0.15) is 4.99 Å². The summed E-state index contributed by atoms with van der Waals surface area (Å²) in [7, 11) is 0. The van der Waals surface area contributed by atoms with Gasteiger partial charge < -0.3 is 11.1 Å². The first-order valence-corrected chi connectivity index (χ1v) is 8.15. The number of hydrogen-bond acceptors (Lipinski definition) is 3. The maximum absolute atomic E-state index is 6.10. The van der Waals surface area contributed by atoms with E-state index in [1.165, 1.54) is 25.0 Å². The standard InChI is InChI=1S/C13H19ClN2S2/c1-18-8-4-2-3-7-16-10-5-6-11(13(15)17)12(14)9-10/h5-6,9,16H,2-4,7-8H2,1H3,(H2,15,17). The third-order valence-corrected chi connectivity index (χ3v) is 3.82. The number of unbranched alkanes of at least 4 members (excludes halogenated alkanes) is 2. The zero-order chi connectivity index (χ0) is 13.4. The van der Waals surface area contributed by atoms with Crippen molar-refractivity contribution in [3.8, 4) is 0 Å². The Morgan fingerprint density at radius 2 is 2.17 bits per heavy atom. The van der Waals surface area contributed by atoms with Gasteiger partial charge in [-0.15, -0.1) is 0 Å². The highest BCUT2D eigenvalue weighted by molar-refractivity contribution is 7.98. The van der Waals surface area contributed by atoms with Gasteiger partial charge in [-0.25, -0.2) is 0 Å². The molecule has 0 saturated heterocycles. The lowest BCUT2D eigenvalue weighted by Crippen LogP contribution is -2.10. The number of nitrogens with two attached hydrogens (primary N) is 1. The summed E-state index contributed by atoms with van der Waals surface area (Å²) >= 11 is 12.9. The number of thioether (sulfide) groups is 1. The third-order valence-electron chi connectivity index (χ3n) is 2.59. The summed E-state index contributed by atoms with van der Waals surface area (Å²) in [5, 5.41) is 3.96. The van der Waals surface area contributed by atoms with E-state index in [1.807, 2.05) is 30.0 Å². The molecule has 0 aliphatic carbocycles. The van der Waals surface area contributed by atoms with Crippen LogP contribution in [0.1, 0.15) is 24.8 Å². The van der Waals surface area contributed by atoms with Crippen molar-refractivity contribution in [3.63, 3.8) is 0 Å². The van der Waals surface area contributed by atoms with E-state index in [1.54, 1.807) is 0 Å². The molecule has 0 aliphatic heterocycles. The van der Waals surface area contributed by atoms with Gasteiger partial charge in [0.05, 0.1) is 5.02 Å². The Hall–Kier alpha value is -0.450. The zero-order valence-electron chi connectivity index (χ0n) is 10.5. The van der Waals surface area contributed by atoms with Crippen molar-refractivity contribution in [2.75, 3.05) is 23.9 Å². The summed E-state index contributed by atoms with van der Waals surface area (Å²) < 4.78 is 0. The molecule has 2 nitrogen and oxygen atoms in total. The van der Waals surface area contributed by atoms with E-state index in [2.05, 4.69) is 11.6 Å². The minimum atomic E-state index is 0.337. The molecule has 0 amide bonds. The van der Waals surface area contributed by atoms with Crippen LogP contribution in [0.2, 0.25) is 5.02 Å². The molecule has 0 spiro atoms. The van der Waals surface area contributed by atoms with Gasteiger partial charge in [0.2, 0.25) is 0 Å². The third kappa shape index (κ3) is 5.46. The van der Waals surface area contributed by atoms with Gasteiger partial charge in [0.25, 0.3) is 0 Å². The highest BCUT2D eigenvalue weighted by Crippen LogP contribution is 2.21. The molecule has 1 rings (SSSR count). The lowest BCUT2D eigenvalue weighted by Gasteiger charge is -2.08. The van der Waals surface area contributed by atoms with Gasteiger partial charge in [-0.2, -0.15) is 11.8 Å². The van der Waals surface area contributed by atoms with Crippen LogP contribution in [0, 0.1) is 0 Å². The smallest absolute Gasteiger partial charge is 0.105 e. The van der Waals surface area contributed by atoms with Crippen molar-refractivity contribution in [1.82, 2.24) is 0 Å². The minimum absolute atomic E-state index is 0.337. The number of nitrogens with one attached hydrogen (secondary N) is 1. The van der Waals surface area contributed by atoms with E-state index in [9.17, 15) is 0 Å². The highest BCUT2D eigenvalue weighted by atomic mass is 35.5. The van der Waals surface area contributed by atoms with Gasteiger partial charge in [0, 0.05) is 17.8 Å². The number of benzene rings is 1. The van der Waals surface area contributed by atoms with Crippen molar-refractivity contribution in [2.24, 2.45) is 5.73 Å². The fourth-order valence-electron chi connectivity index (χ4n) is 1.61. The van der Waals surface area contributed by atoms with E-state index in [-0.39, 0.29) is 0 Å². The second kappa shape index (κ2) is 8.62. The molecule has 0 aliphatic rings. The second-order valence-electron chi connectivity index (χ2n) is 4.04. The van der Waals surface area contributed by atoms with Crippen LogP contribution in [0.4, 0.5) is 5.69 Å². The van der Waals surface area contributed by atoms with E-state index in [4.69, 9.17) is 29.6 Å². The molecule has 18 heavy (non-hydrogen) atoms. The molecule has 0 heterocycles. The number of anilines is 1. The van der Waals surface area contributed by atoms with E-state index in [0.717, 1.165) is 17.8 Å². The van der Waals surface area contributed by atoms with Gasteiger partial charge >= 0.3 is 0 Å². The Balaban J connectivity index is 2.35. The Morgan fingerprint density at radius 1 is 1.39 bits per heavy atom. The summed E-state index contributed by atoms with van der Waals surface area (Å²) in [4.78, 5) is 0.337. The molecule has 5 heteroatoms.